The van der Waals surface area contributed by atoms with Gasteiger partial charge in [-0.2, -0.15) is 0 Å². The highest BCUT2D eigenvalue weighted by atomic mass is 32.1. The number of thiophene rings is 1. The summed E-state index contributed by atoms with van der Waals surface area (Å²) in [5.41, 5.74) is 10.1. The molecule has 3 heteroatoms. The number of benzene rings is 3. The van der Waals surface area contributed by atoms with Gasteiger partial charge in [-0.3, -0.25) is 0 Å². The van der Waals surface area contributed by atoms with Gasteiger partial charge in [-0.05, 0) is 95.6 Å². The van der Waals surface area contributed by atoms with Gasteiger partial charge >= 0.3 is 0 Å². The van der Waals surface area contributed by atoms with Crippen molar-refractivity contribution in [2.24, 2.45) is 5.92 Å². The number of rotatable bonds is 4. The van der Waals surface area contributed by atoms with Crippen molar-refractivity contribution >= 4 is 43.3 Å². The Bertz CT molecular complexity index is 1880. The van der Waals surface area contributed by atoms with Crippen LogP contribution in [0.25, 0.3) is 54.3 Å². The minimum Gasteiger partial charge on any atom is -0.459 e. The van der Waals surface area contributed by atoms with Crippen LogP contribution in [0.2, 0.25) is 0 Å². The normalized spacial score (nSPS) is 12.4. The Morgan fingerprint density at radius 1 is 0.846 bits per heavy atom. The van der Waals surface area contributed by atoms with Crippen molar-refractivity contribution in [3.8, 4) is 22.4 Å². The fraction of sp³-hybridized carbons (Fsp3) is 0.306. The Kier molecular flexibility index (Phi) is 6.19. The Balaban J connectivity index is 1.60. The van der Waals surface area contributed by atoms with Gasteiger partial charge < -0.3 is 4.42 Å². The first kappa shape index (κ1) is 25.8. The Hall–Kier alpha value is -3.43. The van der Waals surface area contributed by atoms with Crippen LogP contribution in [-0.4, -0.2) is 4.98 Å². The summed E-state index contributed by atoms with van der Waals surface area (Å²) in [6.07, 6.45) is 1.12. The molecule has 6 rings (SSSR count). The number of hydrogen-bond donors (Lipinski definition) is 0. The quantitative estimate of drug-likeness (QED) is 0.226. The average molecular weight is 532 g/mol. The highest BCUT2D eigenvalue weighted by Crippen LogP contribution is 2.41. The van der Waals surface area contributed by atoms with Crippen molar-refractivity contribution in [3.63, 3.8) is 0 Å². The number of aryl methyl sites for hydroxylation is 3. The van der Waals surface area contributed by atoms with Gasteiger partial charge in [0.1, 0.15) is 11.3 Å². The number of hydrogen-bond acceptors (Lipinski definition) is 3. The summed E-state index contributed by atoms with van der Waals surface area (Å²) in [7, 11) is 0. The van der Waals surface area contributed by atoms with Crippen molar-refractivity contribution in [3.05, 3.63) is 88.0 Å². The molecule has 0 aliphatic heterocycles. The van der Waals surface area contributed by atoms with Crippen LogP contribution in [0.5, 0.6) is 0 Å². The lowest BCUT2D eigenvalue weighted by atomic mass is 9.82. The van der Waals surface area contributed by atoms with E-state index in [0.29, 0.717) is 5.92 Å². The van der Waals surface area contributed by atoms with Crippen molar-refractivity contribution in [2.45, 2.75) is 67.2 Å². The van der Waals surface area contributed by atoms with Crippen molar-refractivity contribution in [1.29, 1.82) is 0 Å². The third-order valence-corrected chi connectivity index (χ3v) is 9.30. The Morgan fingerprint density at radius 3 is 2.36 bits per heavy atom. The van der Waals surface area contributed by atoms with Crippen LogP contribution >= 0.6 is 11.3 Å². The molecular weight excluding hydrogens is 494 g/mol. The summed E-state index contributed by atoms with van der Waals surface area (Å²) in [4.78, 5) is 6.70. The van der Waals surface area contributed by atoms with Crippen LogP contribution < -0.4 is 0 Å². The molecular formula is C36H37NOS. The fourth-order valence-corrected chi connectivity index (χ4v) is 7.20. The highest BCUT2D eigenvalue weighted by molar-refractivity contribution is 7.19. The highest BCUT2D eigenvalue weighted by Gasteiger charge is 2.21. The lowest BCUT2D eigenvalue weighted by molar-refractivity contribution is 0.575. The first-order chi connectivity index (χ1) is 18.5. The van der Waals surface area contributed by atoms with E-state index in [0.717, 1.165) is 45.7 Å². The van der Waals surface area contributed by atoms with Crippen molar-refractivity contribution in [1.82, 2.24) is 4.98 Å². The molecule has 3 aromatic carbocycles. The zero-order valence-corrected chi connectivity index (χ0v) is 25.1. The minimum atomic E-state index is 0.0143. The zero-order valence-electron chi connectivity index (χ0n) is 24.3. The van der Waals surface area contributed by atoms with Gasteiger partial charge in [0.15, 0.2) is 5.58 Å². The fourth-order valence-electron chi connectivity index (χ4n) is 5.74. The molecule has 0 amide bonds. The summed E-state index contributed by atoms with van der Waals surface area (Å²) in [6, 6.07) is 22.5. The number of nitrogens with zero attached hydrogens (tertiary/aromatic N) is 1. The zero-order chi connectivity index (χ0) is 27.6. The van der Waals surface area contributed by atoms with Crippen molar-refractivity contribution in [2.75, 3.05) is 0 Å². The molecule has 0 fully saturated rings. The summed E-state index contributed by atoms with van der Waals surface area (Å²) >= 11 is 1.94. The molecule has 39 heavy (non-hydrogen) atoms. The predicted molar refractivity (Wildman–Crippen MR) is 169 cm³/mol. The van der Waals surface area contributed by atoms with Crippen LogP contribution in [0.3, 0.4) is 0 Å². The third-order valence-electron chi connectivity index (χ3n) is 8.02. The van der Waals surface area contributed by atoms with Gasteiger partial charge in [-0.25, -0.2) is 4.98 Å². The number of furan rings is 1. The summed E-state index contributed by atoms with van der Waals surface area (Å²) < 4.78 is 7.70. The molecule has 3 heterocycles. The summed E-state index contributed by atoms with van der Waals surface area (Å²) in [5.74, 6) is 1.57. The molecule has 3 aromatic heterocycles. The van der Waals surface area contributed by atoms with Gasteiger partial charge in [0.05, 0.1) is 5.69 Å². The monoisotopic (exact) mass is 531 g/mol. The molecule has 0 saturated carbocycles. The second-order valence-electron chi connectivity index (χ2n) is 12.5. The van der Waals surface area contributed by atoms with Crippen LogP contribution in [0, 0.1) is 26.7 Å². The maximum Gasteiger partial charge on any atom is 0.160 e. The van der Waals surface area contributed by atoms with Gasteiger partial charge in [0.25, 0.3) is 0 Å². The Morgan fingerprint density at radius 2 is 1.62 bits per heavy atom. The molecule has 0 saturated heterocycles. The molecule has 2 nitrogen and oxygen atoms in total. The van der Waals surface area contributed by atoms with Crippen LogP contribution in [0.1, 0.15) is 61.9 Å². The lowest BCUT2D eigenvalue weighted by Crippen LogP contribution is -2.12. The van der Waals surface area contributed by atoms with E-state index >= 15 is 0 Å². The number of aromatic nitrogens is 1. The van der Waals surface area contributed by atoms with E-state index < -0.39 is 0 Å². The van der Waals surface area contributed by atoms with E-state index in [4.69, 9.17) is 9.40 Å². The topological polar surface area (TPSA) is 26.0 Å². The molecule has 0 unspecified atom stereocenters. The molecule has 0 bridgehead atoms. The molecule has 6 aromatic rings. The van der Waals surface area contributed by atoms with Crippen LogP contribution in [0.15, 0.2) is 65.1 Å². The number of pyridine rings is 1. The molecule has 0 aliphatic carbocycles. The molecule has 0 N–H and O–H groups in total. The van der Waals surface area contributed by atoms with Crippen LogP contribution in [-0.2, 0) is 11.8 Å². The largest absolute Gasteiger partial charge is 0.459 e. The van der Waals surface area contributed by atoms with Crippen LogP contribution in [0.4, 0.5) is 0 Å². The standard InChI is InChI=1S/C36H37NOS/c1-20(2)15-32-22(4)27-14-13-25(18-33(27)39-32)29-19-31(37-34-21(3)23(5)38-35(29)34)26-16-24-11-9-10-12-28(24)30(17-26)36(6,7)8/h9-14,16-20H,15H2,1-8H3. The second kappa shape index (κ2) is 9.34. The average Bonchev–Trinajstić information content (AvgIpc) is 3.36. The van der Waals surface area contributed by atoms with Gasteiger partial charge in [0.2, 0.25) is 0 Å². The molecule has 0 aliphatic rings. The summed E-state index contributed by atoms with van der Waals surface area (Å²) in [6.45, 7) is 17.9. The molecule has 198 valence electrons. The summed E-state index contributed by atoms with van der Waals surface area (Å²) in [5, 5.41) is 3.92. The SMILES string of the molecule is Cc1oc2c(-c3ccc4c(C)c(CC(C)C)sc4c3)cc(-c3cc(C(C)(C)C)c4ccccc4c3)nc2c1C. The van der Waals surface area contributed by atoms with Crippen molar-refractivity contribution < 1.29 is 4.42 Å². The maximum absolute atomic E-state index is 6.36. The second-order valence-corrected chi connectivity index (χ2v) is 13.6. The van der Waals surface area contributed by atoms with E-state index in [2.05, 4.69) is 109 Å². The van der Waals surface area contributed by atoms with E-state index in [1.165, 1.54) is 42.4 Å². The number of fused-ring (bicyclic) bond motifs is 3. The predicted octanol–water partition coefficient (Wildman–Crippen LogP) is 11.0. The van der Waals surface area contributed by atoms with Gasteiger partial charge in [-0.1, -0.05) is 71.0 Å². The van der Waals surface area contributed by atoms with E-state index in [-0.39, 0.29) is 5.41 Å². The first-order valence-electron chi connectivity index (χ1n) is 14.0. The first-order valence-corrected chi connectivity index (χ1v) is 14.8. The maximum atomic E-state index is 6.36. The lowest BCUT2D eigenvalue weighted by Gasteiger charge is -2.23. The van der Waals surface area contributed by atoms with Gasteiger partial charge in [0, 0.05) is 26.3 Å². The third kappa shape index (κ3) is 4.47. The Labute approximate surface area is 235 Å². The van der Waals surface area contributed by atoms with E-state index in [9.17, 15) is 0 Å². The smallest absolute Gasteiger partial charge is 0.160 e. The van der Waals surface area contributed by atoms with E-state index in [1.54, 1.807) is 0 Å². The van der Waals surface area contributed by atoms with E-state index in [1.807, 2.05) is 18.3 Å². The molecule has 0 radical (unpaired) electrons. The minimum absolute atomic E-state index is 0.0143. The molecule has 0 spiro atoms. The molecule has 0 atom stereocenters. The van der Waals surface area contributed by atoms with Gasteiger partial charge in [-0.15, -0.1) is 11.3 Å².